The Balaban J connectivity index is 1.27. The van der Waals surface area contributed by atoms with Crippen molar-refractivity contribution in [3.63, 3.8) is 0 Å². The lowest BCUT2D eigenvalue weighted by Crippen LogP contribution is -2.60. The largest absolute Gasteiger partial charge is 0.465 e. The van der Waals surface area contributed by atoms with E-state index in [0.717, 1.165) is 37.0 Å². The van der Waals surface area contributed by atoms with E-state index in [1.807, 2.05) is 0 Å². The Labute approximate surface area is 141 Å². The summed E-state index contributed by atoms with van der Waals surface area (Å²) in [7, 11) is 0. The van der Waals surface area contributed by atoms with Gasteiger partial charge < -0.3 is 15.1 Å². The molecule has 0 atom stereocenters. The second kappa shape index (κ2) is 6.11. The van der Waals surface area contributed by atoms with E-state index in [4.69, 9.17) is 4.42 Å². The summed E-state index contributed by atoms with van der Waals surface area (Å²) in [5.41, 5.74) is 0.000564. The summed E-state index contributed by atoms with van der Waals surface area (Å²) >= 11 is 0. The number of nitrogens with one attached hydrogen (secondary N) is 2. The molecule has 0 saturated heterocycles. The molecule has 4 fully saturated rings. The molecule has 0 unspecified atom stereocenters. The van der Waals surface area contributed by atoms with Crippen molar-refractivity contribution < 1.29 is 14.0 Å². The van der Waals surface area contributed by atoms with Crippen molar-refractivity contribution in [1.29, 1.82) is 0 Å². The quantitative estimate of drug-likeness (QED) is 0.816. The molecule has 4 bridgehead atoms. The van der Waals surface area contributed by atoms with Crippen LogP contribution >= 0.6 is 0 Å². The maximum absolute atomic E-state index is 12.3. The average molecular weight is 328 g/mol. The normalized spacial score (nSPS) is 33.8. The zero-order chi connectivity index (χ0) is 16.6. The molecule has 1 aromatic heterocycles. The molecule has 1 heterocycles. The van der Waals surface area contributed by atoms with Crippen molar-refractivity contribution in [2.75, 3.05) is 6.54 Å². The number of carbonyl (C=O) groups is 2. The van der Waals surface area contributed by atoms with Gasteiger partial charge in [0.1, 0.15) is 5.76 Å². The minimum Gasteiger partial charge on any atom is -0.465 e. The summed E-state index contributed by atoms with van der Waals surface area (Å²) in [4.78, 5) is 24.1. The van der Waals surface area contributed by atoms with Crippen molar-refractivity contribution in [3.05, 3.63) is 30.2 Å². The molecule has 5 heteroatoms. The van der Waals surface area contributed by atoms with Crippen molar-refractivity contribution in [2.45, 2.75) is 44.1 Å². The van der Waals surface area contributed by atoms with Gasteiger partial charge in [-0.25, -0.2) is 0 Å². The number of rotatable bonds is 5. The molecule has 0 aromatic carbocycles. The van der Waals surface area contributed by atoms with Gasteiger partial charge in [-0.05, 0) is 74.5 Å². The number of hydrogen-bond acceptors (Lipinski definition) is 3. The maximum atomic E-state index is 12.3. The Bertz CT molecular complexity index is 612. The highest BCUT2D eigenvalue weighted by Gasteiger charge is 2.51. The van der Waals surface area contributed by atoms with Crippen LogP contribution in [0.4, 0.5) is 0 Å². The predicted octanol–water partition coefficient (Wildman–Crippen LogP) is 2.49. The number of hydrogen-bond donors (Lipinski definition) is 2. The van der Waals surface area contributed by atoms with Crippen molar-refractivity contribution in [1.82, 2.24) is 10.6 Å². The van der Waals surface area contributed by atoms with Crippen LogP contribution in [-0.4, -0.2) is 23.9 Å². The van der Waals surface area contributed by atoms with Crippen LogP contribution in [0.25, 0.3) is 6.08 Å². The molecule has 4 aliphatic carbocycles. The van der Waals surface area contributed by atoms with Crippen molar-refractivity contribution >= 4 is 17.9 Å². The standard InChI is InChI=1S/C19H24N2O3/c22-17(4-3-16-2-1-5-24-16)20-12-18(23)21-19-9-13-6-14(10-19)8-15(7-13)11-19/h1-5,13-15H,6-12H2,(H,20,22)(H,21,23)/b4-3-. The second-order valence-corrected chi connectivity index (χ2v) is 7.81. The first-order valence-corrected chi connectivity index (χ1v) is 8.91. The minimum absolute atomic E-state index is 0.000564. The summed E-state index contributed by atoms with van der Waals surface area (Å²) in [6.45, 7) is 0.0308. The second-order valence-electron chi connectivity index (χ2n) is 7.81. The van der Waals surface area contributed by atoms with Crippen LogP contribution in [0.15, 0.2) is 28.9 Å². The van der Waals surface area contributed by atoms with Crippen LogP contribution in [0.1, 0.15) is 44.3 Å². The van der Waals surface area contributed by atoms with E-state index in [-0.39, 0.29) is 23.9 Å². The van der Waals surface area contributed by atoms with E-state index in [1.165, 1.54) is 25.3 Å². The number of carbonyl (C=O) groups excluding carboxylic acids is 2. The van der Waals surface area contributed by atoms with E-state index < -0.39 is 0 Å². The van der Waals surface area contributed by atoms with E-state index in [2.05, 4.69) is 10.6 Å². The Morgan fingerprint density at radius 2 is 1.83 bits per heavy atom. The molecule has 0 radical (unpaired) electrons. The fourth-order valence-corrected chi connectivity index (χ4v) is 5.37. The fourth-order valence-electron chi connectivity index (χ4n) is 5.37. The summed E-state index contributed by atoms with van der Waals surface area (Å²) in [6, 6.07) is 3.53. The number of amides is 2. The van der Waals surface area contributed by atoms with Crippen molar-refractivity contribution in [3.8, 4) is 0 Å². The van der Waals surface area contributed by atoms with Gasteiger partial charge >= 0.3 is 0 Å². The molecule has 4 aliphatic rings. The van der Waals surface area contributed by atoms with Crippen LogP contribution < -0.4 is 10.6 Å². The molecule has 2 amide bonds. The Morgan fingerprint density at radius 3 is 2.42 bits per heavy atom. The molecule has 2 N–H and O–H groups in total. The van der Waals surface area contributed by atoms with Crippen LogP contribution in [-0.2, 0) is 9.59 Å². The molecule has 5 nitrogen and oxygen atoms in total. The summed E-state index contributed by atoms with van der Waals surface area (Å²) in [5, 5.41) is 5.90. The molecular formula is C19H24N2O3. The smallest absolute Gasteiger partial charge is 0.244 e. The van der Waals surface area contributed by atoms with Gasteiger partial charge in [-0.3, -0.25) is 9.59 Å². The van der Waals surface area contributed by atoms with E-state index >= 15 is 0 Å². The predicted molar refractivity (Wildman–Crippen MR) is 89.8 cm³/mol. The first kappa shape index (κ1) is 15.5. The van der Waals surface area contributed by atoms with Crippen LogP contribution in [0.3, 0.4) is 0 Å². The summed E-state index contributed by atoms with van der Waals surface area (Å²) in [5.74, 6) is 2.64. The molecule has 128 valence electrons. The highest BCUT2D eigenvalue weighted by Crippen LogP contribution is 2.55. The molecule has 1 aromatic rings. The van der Waals surface area contributed by atoms with Gasteiger partial charge in [0.2, 0.25) is 11.8 Å². The molecular weight excluding hydrogens is 304 g/mol. The first-order valence-electron chi connectivity index (χ1n) is 8.91. The third-order valence-electron chi connectivity index (χ3n) is 5.81. The highest BCUT2D eigenvalue weighted by atomic mass is 16.3. The zero-order valence-corrected chi connectivity index (χ0v) is 13.8. The van der Waals surface area contributed by atoms with Gasteiger partial charge in [-0.15, -0.1) is 0 Å². The molecule has 24 heavy (non-hydrogen) atoms. The van der Waals surface area contributed by atoms with Gasteiger partial charge in [-0.2, -0.15) is 0 Å². The zero-order valence-electron chi connectivity index (χ0n) is 13.8. The highest BCUT2D eigenvalue weighted by molar-refractivity contribution is 5.94. The lowest BCUT2D eigenvalue weighted by molar-refractivity contribution is -0.128. The van der Waals surface area contributed by atoms with E-state index in [1.54, 1.807) is 24.5 Å². The van der Waals surface area contributed by atoms with Crippen molar-refractivity contribution in [2.24, 2.45) is 17.8 Å². The third-order valence-corrected chi connectivity index (χ3v) is 5.81. The lowest BCUT2D eigenvalue weighted by Gasteiger charge is -2.56. The van der Waals surface area contributed by atoms with Crippen LogP contribution in [0.2, 0.25) is 0 Å². The lowest BCUT2D eigenvalue weighted by atomic mass is 9.53. The summed E-state index contributed by atoms with van der Waals surface area (Å²) in [6.07, 6.45) is 11.9. The van der Waals surface area contributed by atoms with Crippen LogP contribution in [0.5, 0.6) is 0 Å². The van der Waals surface area contributed by atoms with Gasteiger partial charge in [-0.1, -0.05) is 0 Å². The average Bonchev–Trinajstić information content (AvgIpc) is 3.02. The van der Waals surface area contributed by atoms with E-state index in [0.29, 0.717) is 5.76 Å². The summed E-state index contributed by atoms with van der Waals surface area (Å²) < 4.78 is 5.12. The Kier molecular flexibility index (Phi) is 3.94. The minimum atomic E-state index is -0.285. The van der Waals surface area contributed by atoms with Gasteiger partial charge in [0.05, 0.1) is 12.8 Å². The van der Waals surface area contributed by atoms with Gasteiger partial charge in [0.15, 0.2) is 0 Å². The molecule has 0 spiro atoms. The topological polar surface area (TPSA) is 71.3 Å². The van der Waals surface area contributed by atoms with Crippen LogP contribution in [0, 0.1) is 17.8 Å². The SMILES string of the molecule is O=C(/C=C\c1ccco1)NCC(=O)NC12CC3CC(CC(C3)C1)C2. The monoisotopic (exact) mass is 328 g/mol. The van der Waals surface area contributed by atoms with Gasteiger partial charge in [0.25, 0.3) is 0 Å². The number of furan rings is 1. The molecule has 4 saturated carbocycles. The Hall–Kier alpha value is -2.04. The molecule has 0 aliphatic heterocycles. The fraction of sp³-hybridized carbons (Fsp3) is 0.579. The maximum Gasteiger partial charge on any atom is 0.244 e. The molecule has 5 rings (SSSR count). The van der Waals surface area contributed by atoms with E-state index in [9.17, 15) is 9.59 Å². The third kappa shape index (κ3) is 3.25. The first-order chi connectivity index (χ1) is 11.6. The Morgan fingerprint density at radius 1 is 1.17 bits per heavy atom. The van der Waals surface area contributed by atoms with Gasteiger partial charge in [0, 0.05) is 11.6 Å².